The van der Waals surface area contributed by atoms with Crippen molar-refractivity contribution >= 4 is 297 Å². The van der Waals surface area contributed by atoms with Crippen LogP contribution in [0.5, 0.6) is 0 Å². The number of methoxy groups -OCH3 is 1. The molecule has 28 aromatic rings. The number of benzene rings is 18. The van der Waals surface area contributed by atoms with E-state index in [2.05, 4.69) is 13.8 Å². The maximum atomic E-state index is 15.6. The minimum absolute atomic E-state index is 0.0206. The van der Waals surface area contributed by atoms with Crippen molar-refractivity contribution in [3.05, 3.63) is 22.3 Å². The number of carbonyl (C=O) groups excluding carboxylic acids is 1. The lowest BCUT2D eigenvalue weighted by molar-refractivity contribution is -0.154. The van der Waals surface area contributed by atoms with E-state index in [0.717, 1.165) is 0 Å². The van der Waals surface area contributed by atoms with Crippen LogP contribution in [0.2, 0.25) is 0 Å². The summed E-state index contributed by atoms with van der Waals surface area (Å²) in [6.45, 7) is 4.68. The standard InChI is InChI=1S/C65H10O2/c1-64(2,63(66)67-3)65-60-56-50-36-28-20-8-5-4-6-9(8)21-23-19-13(6)15-11-7(4)10-14-12(5)18-22(20)34(36)42-40-26(18)24(14)32-30-16(10)17(11)31-33-25(15)27(19)41-43-35(23)37(29(21)28)51(50)57(60)53(43)55-47(41)45(33)49-39(31)38(30)48-44(32)46(40)54(52(42)56)61(65)58(48)59(49)62(55)65/h60H,1-3H3. The Hall–Kier alpha value is -8.07. The Morgan fingerprint density at radius 2 is 0.433 bits per heavy atom. The summed E-state index contributed by atoms with van der Waals surface area (Å²) in [7, 11) is 1.67. The van der Waals surface area contributed by atoms with E-state index < -0.39 is 10.8 Å². The van der Waals surface area contributed by atoms with Gasteiger partial charge in [-0.2, -0.15) is 0 Å². The van der Waals surface area contributed by atoms with Gasteiger partial charge in [-0.1, -0.05) is 0 Å². The van der Waals surface area contributed by atoms with Gasteiger partial charge in [0, 0.05) is 11.3 Å². The maximum Gasteiger partial charge on any atom is 0.312 e. The molecule has 0 atom stereocenters. The Morgan fingerprint density at radius 3 is 0.627 bits per heavy atom. The van der Waals surface area contributed by atoms with Gasteiger partial charge in [0.05, 0.1) is 12.5 Å². The fraction of sp³-hybridized carbons (Fsp3) is 0.0923. The third-order valence-electron chi connectivity index (χ3n) is 24.8. The smallest absolute Gasteiger partial charge is 0.312 e. The van der Waals surface area contributed by atoms with E-state index in [1.165, 1.54) is 32.7 Å². The highest BCUT2D eigenvalue weighted by atomic mass is 16.5. The second kappa shape index (κ2) is 5.49. The molecule has 0 saturated heterocycles. The molecule has 2 nitrogen and oxygen atoms in total. The first-order chi connectivity index (χ1) is 33.1. The van der Waals surface area contributed by atoms with Crippen LogP contribution in [0.25, 0.3) is 291 Å². The van der Waals surface area contributed by atoms with E-state index in [1.807, 2.05) is 0 Å². The Balaban J connectivity index is 1.25. The number of hydrogen-bond acceptors (Lipinski definition) is 2. The summed E-state index contributed by atoms with van der Waals surface area (Å²) in [6, 6.07) is 0. The summed E-state index contributed by atoms with van der Waals surface area (Å²) in [4.78, 5) is 15.6. The molecule has 0 aliphatic heterocycles. The third kappa shape index (κ3) is 1.29. The molecule has 0 amide bonds. The van der Waals surface area contributed by atoms with Gasteiger partial charge in [-0.15, -0.1) is 0 Å². The molecule has 28 aromatic carbocycles. The quantitative estimate of drug-likeness (QED) is 0.128. The van der Waals surface area contributed by atoms with Crippen molar-refractivity contribution in [2.45, 2.75) is 25.2 Å². The zero-order valence-corrected chi connectivity index (χ0v) is 34.9. The highest BCUT2D eigenvalue weighted by Crippen LogP contribution is 2.85. The molecule has 0 spiro atoms. The van der Waals surface area contributed by atoms with E-state index in [-0.39, 0.29) is 11.9 Å². The molecule has 32 rings (SSSR count). The van der Waals surface area contributed by atoms with Crippen LogP contribution in [-0.4, -0.2) is 13.1 Å². The van der Waals surface area contributed by atoms with Crippen LogP contribution >= 0.6 is 0 Å². The minimum Gasteiger partial charge on any atom is -0.469 e. The van der Waals surface area contributed by atoms with Crippen LogP contribution in [0.3, 0.4) is 0 Å². The number of rotatable bonds is 2. The molecular weight excluding hydrogens is 813 g/mol. The van der Waals surface area contributed by atoms with E-state index >= 15 is 4.79 Å². The molecule has 0 N–H and O–H groups in total. The Morgan fingerprint density at radius 1 is 0.284 bits per heavy atom. The van der Waals surface area contributed by atoms with Crippen LogP contribution in [0.4, 0.5) is 0 Å². The largest absolute Gasteiger partial charge is 0.469 e. The second-order valence-electron chi connectivity index (χ2n) is 25.2. The summed E-state index contributed by atoms with van der Waals surface area (Å²) >= 11 is 0. The lowest BCUT2D eigenvalue weighted by Gasteiger charge is -2.52. The van der Waals surface area contributed by atoms with Gasteiger partial charge in [-0.05, 0) is 327 Å². The van der Waals surface area contributed by atoms with Crippen molar-refractivity contribution in [2.75, 3.05) is 7.11 Å². The average Bonchev–Trinajstić information content (AvgIpc) is 4.18. The first-order valence-electron chi connectivity index (χ1n) is 24.9. The summed E-state index contributed by atoms with van der Waals surface area (Å²) in [5.74, 6) is -0.0443. The highest BCUT2D eigenvalue weighted by molar-refractivity contribution is 6.82. The van der Waals surface area contributed by atoms with Gasteiger partial charge in [0.1, 0.15) is 0 Å². The van der Waals surface area contributed by atoms with Crippen LogP contribution < -0.4 is 0 Å². The van der Waals surface area contributed by atoms with E-state index in [4.69, 9.17) is 4.74 Å². The fourth-order valence-electron chi connectivity index (χ4n) is 24.6. The van der Waals surface area contributed by atoms with Crippen LogP contribution in [0, 0.1) is 5.41 Å². The van der Waals surface area contributed by atoms with E-state index in [9.17, 15) is 0 Å². The van der Waals surface area contributed by atoms with Crippen molar-refractivity contribution in [3.8, 4) is 0 Å². The van der Waals surface area contributed by atoms with E-state index in [1.54, 1.807) is 288 Å². The van der Waals surface area contributed by atoms with Gasteiger partial charge in [-0.25, -0.2) is 0 Å². The predicted octanol–water partition coefficient (Wildman–Crippen LogP) is 17.3. The SMILES string of the molecule is COC(=O)C(C)(C)C12c3c4c5c6c7c8c(c9c%10c1c1c3c3c%11c4c4c5c5c7c7c%12c8c8c9c9c%10c%10c1c1c3c3c%11c%11c4c4c5c7c5c7c%12c8c8c9c9c%10c1c1c3c3c%11c4c5c4c7c8c9c1c34)C62. The van der Waals surface area contributed by atoms with Gasteiger partial charge in [-0.3, -0.25) is 4.79 Å². The molecule has 0 unspecified atom stereocenters. The van der Waals surface area contributed by atoms with Crippen LogP contribution in [0.1, 0.15) is 42.0 Å². The molecule has 2 heteroatoms. The third-order valence-corrected chi connectivity index (χ3v) is 24.8. The first kappa shape index (κ1) is 25.0. The first-order valence-corrected chi connectivity index (χ1v) is 24.9. The lowest BCUT2D eigenvalue weighted by Crippen LogP contribution is -2.53. The van der Waals surface area contributed by atoms with Gasteiger partial charge < -0.3 is 4.74 Å². The predicted molar refractivity (Wildman–Crippen MR) is 281 cm³/mol. The second-order valence-corrected chi connectivity index (χ2v) is 25.2. The minimum atomic E-state index is -0.879. The zero-order valence-electron chi connectivity index (χ0n) is 34.9. The van der Waals surface area contributed by atoms with Crippen molar-refractivity contribution in [3.63, 3.8) is 0 Å². The summed E-state index contributed by atoms with van der Waals surface area (Å²) in [5, 5.41) is 85.9. The highest BCUT2D eigenvalue weighted by Gasteiger charge is 2.69. The zero-order chi connectivity index (χ0) is 40.3. The molecule has 0 aromatic heterocycles. The molecule has 0 bridgehead atoms. The van der Waals surface area contributed by atoms with Crippen molar-refractivity contribution in [1.29, 1.82) is 0 Å². The summed E-state index contributed by atoms with van der Waals surface area (Å²) in [5.41, 5.74) is 4.69. The molecule has 282 valence electrons. The maximum absolute atomic E-state index is 15.6. The van der Waals surface area contributed by atoms with Crippen LogP contribution in [0.15, 0.2) is 0 Å². The molecule has 4 aliphatic carbocycles. The van der Waals surface area contributed by atoms with Crippen molar-refractivity contribution in [2.24, 2.45) is 5.41 Å². The fourth-order valence-corrected chi connectivity index (χ4v) is 24.6. The molecule has 4 aliphatic rings. The summed E-state index contributed by atoms with van der Waals surface area (Å²) < 4.78 is 6.23. The van der Waals surface area contributed by atoms with Gasteiger partial charge in [0.25, 0.3) is 0 Å². The van der Waals surface area contributed by atoms with Gasteiger partial charge in [0.15, 0.2) is 0 Å². The van der Waals surface area contributed by atoms with Gasteiger partial charge >= 0.3 is 5.97 Å². The van der Waals surface area contributed by atoms with Crippen LogP contribution in [-0.2, 0) is 14.9 Å². The number of ether oxygens (including phenoxy) is 1. The Bertz CT molecular complexity index is 6870. The molecule has 0 fully saturated rings. The van der Waals surface area contributed by atoms with Crippen molar-refractivity contribution in [1.82, 2.24) is 0 Å². The molecule has 0 heterocycles. The van der Waals surface area contributed by atoms with Gasteiger partial charge in [0.2, 0.25) is 0 Å². The topological polar surface area (TPSA) is 26.3 Å². The Kier molecular flexibility index (Phi) is 2.05. The summed E-state index contributed by atoms with van der Waals surface area (Å²) in [6.07, 6.45) is 0. The molecule has 0 saturated carbocycles. The Labute approximate surface area is 364 Å². The van der Waals surface area contributed by atoms with Crippen molar-refractivity contribution < 1.29 is 9.53 Å². The normalized spacial score (nSPS) is 21.3. The number of hydrogen-bond donors (Lipinski definition) is 0. The number of esters is 1. The molecule has 67 heavy (non-hydrogen) atoms. The number of carbonyl (C=O) groups is 1. The lowest BCUT2D eigenvalue weighted by atomic mass is 9.47. The average molecular weight is 823 g/mol. The molecule has 0 radical (unpaired) electrons. The molecular formula is C65H10O2. The van der Waals surface area contributed by atoms with E-state index in [0.29, 0.717) is 0 Å². The monoisotopic (exact) mass is 822 g/mol.